The van der Waals surface area contributed by atoms with Gasteiger partial charge in [0.1, 0.15) is 11.5 Å². The van der Waals surface area contributed by atoms with Crippen molar-refractivity contribution in [3.63, 3.8) is 0 Å². The molecule has 1 heterocycles. The van der Waals surface area contributed by atoms with Crippen LogP contribution in [0.2, 0.25) is 0 Å². The molecule has 126 valence electrons. The number of furan rings is 1. The van der Waals surface area contributed by atoms with Crippen LogP contribution in [0.4, 0.5) is 0 Å². The van der Waals surface area contributed by atoms with Gasteiger partial charge in [-0.15, -0.1) is 0 Å². The van der Waals surface area contributed by atoms with Crippen LogP contribution in [0.1, 0.15) is 27.4 Å². The molecule has 1 N–H and O–H groups in total. The molecule has 0 saturated heterocycles. The van der Waals surface area contributed by atoms with Crippen LogP contribution in [0.25, 0.3) is 6.08 Å². The second-order valence-corrected chi connectivity index (χ2v) is 5.72. The van der Waals surface area contributed by atoms with Gasteiger partial charge < -0.3 is 14.6 Å². The molecule has 0 bridgehead atoms. The van der Waals surface area contributed by atoms with E-state index in [0.29, 0.717) is 24.3 Å². The lowest BCUT2D eigenvalue weighted by atomic mass is 10.1. The molecule has 5 heteroatoms. The van der Waals surface area contributed by atoms with Gasteiger partial charge in [0, 0.05) is 32.3 Å². The van der Waals surface area contributed by atoms with Crippen molar-refractivity contribution in [2.75, 3.05) is 20.6 Å². The summed E-state index contributed by atoms with van der Waals surface area (Å²) < 4.78 is 5.36. The van der Waals surface area contributed by atoms with E-state index >= 15 is 0 Å². The van der Waals surface area contributed by atoms with Crippen molar-refractivity contribution in [3.8, 4) is 0 Å². The van der Waals surface area contributed by atoms with Crippen molar-refractivity contribution in [2.45, 2.75) is 13.3 Å². The fraction of sp³-hybridized carbons (Fsp3) is 0.263. The number of benzene rings is 1. The van der Waals surface area contributed by atoms with E-state index in [4.69, 9.17) is 4.42 Å². The first kappa shape index (κ1) is 17.5. The molecule has 1 aromatic heterocycles. The van der Waals surface area contributed by atoms with Crippen LogP contribution >= 0.6 is 0 Å². The summed E-state index contributed by atoms with van der Waals surface area (Å²) in [6, 6.07) is 11.1. The second kappa shape index (κ2) is 8.15. The molecule has 0 aliphatic carbocycles. The highest BCUT2D eigenvalue weighted by molar-refractivity contribution is 5.94. The summed E-state index contributed by atoms with van der Waals surface area (Å²) in [4.78, 5) is 25.3. The van der Waals surface area contributed by atoms with Gasteiger partial charge in [-0.2, -0.15) is 0 Å². The number of aryl methyl sites for hydroxylation is 1. The fourth-order valence-corrected chi connectivity index (χ4v) is 2.21. The maximum atomic E-state index is 11.9. The molecule has 0 radical (unpaired) electrons. The van der Waals surface area contributed by atoms with Gasteiger partial charge in [0.2, 0.25) is 5.91 Å². The normalized spacial score (nSPS) is 10.8. The van der Waals surface area contributed by atoms with Gasteiger partial charge in [0.25, 0.3) is 5.91 Å². The Morgan fingerprint density at radius 2 is 2.00 bits per heavy atom. The van der Waals surface area contributed by atoms with E-state index in [1.165, 1.54) is 6.08 Å². The van der Waals surface area contributed by atoms with Crippen LogP contribution in [0.15, 0.2) is 46.9 Å². The van der Waals surface area contributed by atoms with Gasteiger partial charge in [-0.1, -0.05) is 12.1 Å². The first-order chi connectivity index (χ1) is 11.5. The molecule has 2 amide bonds. The lowest BCUT2D eigenvalue weighted by Gasteiger charge is -2.11. The predicted octanol–water partition coefficient (Wildman–Crippen LogP) is 2.66. The Kier molecular flexibility index (Phi) is 5.95. The first-order valence-electron chi connectivity index (χ1n) is 7.78. The average Bonchev–Trinajstić information content (AvgIpc) is 2.98. The number of nitrogens with zero attached hydrogens (tertiary/aromatic N) is 1. The lowest BCUT2D eigenvalue weighted by molar-refractivity contribution is -0.116. The minimum absolute atomic E-state index is 0.0300. The number of carbonyl (C=O) groups excluding carboxylic acids is 2. The Morgan fingerprint density at radius 1 is 1.21 bits per heavy atom. The Balaban J connectivity index is 1.83. The molecular weight excluding hydrogens is 304 g/mol. The monoisotopic (exact) mass is 326 g/mol. The minimum Gasteiger partial charge on any atom is -0.462 e. The summed E-state index contributed by atoms with van der Waals surface area (Å²) in [6.07, 6.45) is 3.75. The third-order valence-corrected chi connectivity index (χ3v) is 3.45. The number of nitrogens with one attached hydrogen (secondary N) is 1. The molecule has 0 aliphatic heterocycles. The zero-order valence-corrected chi connectivity index (χ0v) is 14.2. The van der Waals surface area contributed by atoms with Crippen molar-refractivity contribution in [2.24, 2.45) is 0 Å². The summed E-state index contributed by atoms with van der Waals surface area (Å²) in [6.45, 7) is 2.35. The molecule has 0 atom stereocenters. The number of hydrogen-bond donors (Lipinski definition) is 1. The summed E-state index contributed by atoms with van der Waals surface area (Å²) in [5.41, 5.74) is 1.66. The molecule has 0 fully saturated rings. The smallest absolute Gasteiger partial charge is 0.253 e. The zero-order valence-electron chi connectivity index (χ0n) is 14.2. The Hall–Kier alpha value is -2.82. The summed E-state index contributed by atoms with van der Waals surface area (Å²) in [7, 11) is 3.45. The maximum absolute atomic E-state index is 11.9. The number of hydrogen-bond acceptors (Lipinski definition) is 3. The van der Waals surface area contributed by atoms with E-state index in [1.54, 1.807) is 31.1 Å². The molecule has 5 nitrogen and oxygen atoms in total. The molecule has 2 rings (SSSR count). The summed E-state index contributed by atoms with van der Waals surface area (Å²) in [5, 5.41) is 2.82. The molecule has 24 heavy (non-hydrogen) atoms. The van der Waals surface area contributed by atoms with E-state index in [0.717, 1.165) is 11.3 Å². The molecule has 0 saturated carbocycles. The van der Waals surface area contributed by atoms with Crippen molar-refractivity contribution >= 4 is 17.9 Å². The first-order valence-corrected chi connectivity index (χ1v) is 7.78. The Labute approximate surface area is 142 Å². The molecule has 0 spiro atoms. The van der Waals surface area contributed by atoms with Crippen LogP contribution in [0.5, 0.6) is 0 Å². The van der Waals surface area contributed by atoms with Gasteiger partial charge in [0.15, 0.2) is 0 Å². The predicted molar refractivity (Wildman–Crippen MR) is 93.7 cm³/mol. The van der Waals surface area contributed by atoms with Gasteiger partial charge >= 0.3 is 0 Å². The largest absolute Gasteiger partial charge is 0.462 e. The van der Waals surface area contributed by atoms with Gasteiger partial charge in [-0.25, -0.2) is 0 Å². The lowest BCUT2D eigenvalue weighted by Crippen LogP contribution is -2.24. The van der Waals surface area contributed by atoms with Crippen LogP contribution in [0, 0.1) is 6.92 Å². The van der Waals surface area contributed by atoms with Crippen LogP contribution in [-0.2, 0) is 11.2 Å². The van der Waals surface area contributed by atoms with Gasteiger partial charge in [-0.05, 0) is 49.2 Å². The van der Waals surface area contributed by atoms with Crippen LogP contribution in [-0.4, -0.2) is 37.4 Å². The number of amides is 2. The Bertz CT molecular complexity index is 745. The number of carbonyl (C=O) groups is 2. The minimum atomic E-state index is -0.176. The van der Waals surface area contributed by atoms with E-state index in [1.807, 2.05) is 37.3 Å². The maximum Gasteiger partial charge on any atom is 0.253 e. The average molecular weight is 326 g/mol. The summed E-state index contributed by atoms with van der Waals surface area (Å²) >= 11 is 0. The molecule has 2 aromatic rings. The number of rotatable bonds is 6. The highest BCUT2D eigenvalue weighted by Gasteiger charge is 2.08. The fourth-order valence-electron chi connectivity index (χ4n) is 2.21. The third-order valence-electron chi connectivity index (χ3n) is 3.45. The molecular formula is C19H22N2O3. The quantitative estimate of drug-likeness (QED) is 0.830. The second-order valence-electron chi connectivity index (χ2n) is 5.72. The van der Waals surface area contributed by atoms with Gasteiger partial charge in [0.05, 0.1) is 0 Å². The van der Waals surface area contributed by atoms with E-state index in [9.17, 15) is 9.59 Å². The molecule has 1 aromatic carbocycles. The topological polar surface area (TPSA) is 62.6 Å². The molecule has 0 aliphatic rings. The zero-order chi connectivity index (χ0) is 17.5. The standard InChI is InChI=1S/C19H22N2O3/c1-14-7-8-17(24-14)9-10-18(22)20-12-11-15-5-4-6-16(13-15)19(23)21(2)3/h4-10,13H,11-12H2,1-3H3,(H,20,22). The van der Waals surface area contributed by atoms with Crippen molar-refractivity contribution in [1.82, 2.24) is 10.2 Å². The van der Waals surface area contributed by atoms with Crippen LogP contribution < -0.4 is 5.32 Å². The summed E-state index contributed by atoms with van der Waals surface area (Å²) in [5.74, 6) is 1.25. The molecule has 0 unspecified atom stereocenters. The van der Waals surface area contributed by atoms with Gasteiger partial charge in [-0.3, -0.25) is 9.59 Å². The highest BCUT2D eigenvalue weighted by atomic mass is 16.3. The third kappa shape index (κ3) is 5.12. The highest BCUT2D eigenvalue weighted by Crippen LogP contribution is 2.09. The van der Waals surface area contributed by atoms with Crippen molar-refractivity contribution in [1.29, 1.82) is 0 Å². The van der Waals surface area contributed by atoms with Crippen LogP contribution in [0.3, 0.4) is 0 Å². The van der Waals surface area contributed by atoms with Crippen molar-refractivity contribution < 1.29 is 14.0 Å². The van der Waals surface area contributed by atoms with E-state index in [-0.39, 0.29) is 11.8 Å². The van der Waals surface area contributed by atoms with E-state index < -0.39 is 0 Å². The van der Waals surface area contributed by atoms with E-state index in [2.05, 4.69) is 5.32 Å². The Morgan fingerprint density at radius 3 is 2.67 bits per heavy atom. The SMILES string of the molecule is Cc1ccc(C=CC(=O)NCCc2cccc(C(=O)N(C)C)c2)o1. The van der Waals surface area contributed by atoms with Crippen molar-refractivity contribution in [3.05, 3.63) is 65.1 Å².